The van der Waals surface area contributed by atoms with Crippen molar-refractivity contribution in [3.8, 4) is 11.5 Å². The number of carbonyl (C=O) groups excluding carboxylic acids is 2. The number of halogens is 1. The molecule has 11 heteroatoms. The zero-order chi connectivity index (χ0) is 25.5. The van der Waals surface area contributed by atoms with E-state index in [4.69, 9.17) is 4.74 Å². The van der Waals surface area contributed by atoms with Crippen molar-refractivity contribution in [2.45, 2.75) is 38.8 Å². The molecule has 192 valence electrons. The number of nitrogens with one attached hydrogen (secondary N) is 1. The van der Waals surface area contributed by atoms with E-state index in [0.717, 1.165) is 29.8 Å². The van der Waals surface area contributed by atoms with Crippen LogP contribution in [-0.4, -0.2) is 74.3 Å². The molecule has 3 aliphatic rings. The first-order valence-electron chi connectivity index (χ1n) is 12.6. The molecule has 1 atom stereocenters. The molecule has 0 saturated carbocycles. The van der Waals surface area contributed by atoms with Crippen LogP contribution in [0.5, 0.6) is 0 Å². The van der Waals surface area contributed by atoms with Gasteiger partial charge in [-0.05, 0) is 55.2 Å². The number of aromatic nitrogens is 4. The number of aryl methyl sites for hydroxylation is 1. The van der Waals surface area contributed by atoms with E-state index in [1.54, 1.807) is 28.0 Å². The van der Waals surface area contributed by atoms with Gasteiger partial charge in [0.15, 0.2) is 5.82 Å². The summed E-state index contributed by atoms with van der Waals surface area (Å²) in [6.45, 7) is 5.12. The van der Waals surface area contributed by atoms with Gasteiger partial charge < -0.3 is 24.4 Å². The molecule has 1 N–H and O–H groups in total. The summed E-state index contributed by atoms with van der Waals surface area (Å²) in [6.07, 6.45) is 2.41. The lowest BCUT2D eigenvalue weighted by molar-refractivity contribution is 0.0421. The van der Waals surface area contributed by atoms with Crippen LogP contribution in [-0.2, 0) is 24.1 Å². The molecular weight excluding hydrogens is 477 g/mol. The van der Waals surface area contributed by atoms with Gasteiger partial charge in [-0.25, -0.2) is 14.2 Å². The van der Waals surface area contributed by atoms with Gasteiger partial charge in [-0.1, -0.05) is 6.07 Å². The third-order valence-electron chi connectivity index (χ3n) is 7.31. The third-order valence-corrected chi connectivity index (χ3v) is 7.31. The fraction of sp³-hybridized carbons (Fsp3) is 0.423. The van der Waals surface area contributed by atoms with Crippen LogP contribution in [0, 0.1) is 5.82 Å². The minimum atomic E-state index is -0.596. The molecule has 3 amide bonds. The van der Waals surface area contributed by atoms with Gasteiger partial charge in [0.25, 0.3) is 5.91 Å². The number of urea groups is 1. The molecule has 3 aromatic rings. The van der Waals surface area contributed by atoms with Crippen molar-refractivity contribution >= 4 is 17.8 Å². The molecule has 0 spiro atoms. The fourth-order valence-electron chi connectivity index (χ4n) is 5.28. The Balaban J connectivity index is 1.20. The second-order valence-corrected chi connectivity index (χ2v) is 9.71. The number of hydrogen-bond acceptors (Lipinski definition) is 6. The maximum Gasteiger partial charge on any atom is 0.320 e. The number of amides is 3. The van der Waals surface area contributed by atoms with Gasteiger partial charge in [0, 0.05) is 38.6 Å². The van der Waals surface area contributed by atoms with Crippen LogP contribution in [0.3, 0.4) is 0 Å². The Labute approximate surface area is 213 Å². The van der Waals surface area contributed by atoms with Gasteiger partial charge in [0.2, 0.25) is 0 Å². The molecule has 1 aromatic carbocycles. The number of hydrogen-bond donors (Lipinski definition) is 1. The maximum absolute atomic E-state index is 15.0. The topological polar surface area (TPSA) is 105 Å². The normalized spacial score (nSPS) is 18.9. The Hall–Kier alpha value is -3.86. The van der Waals surface area contributed by atoms with E-state index in [1.807, 2.05) is 6.07 Å². The van der Waals surface area contributed by atoms with Gasteiger partial charge in [-0.2, -0.15) is 0 Å². The van der Waals surface area contributed by atoms with Gasteiger partial charge in [-0.15, -0.1) is 10.2 Å². The maximum atomic E-state index is 15.0. The fourth-order valence-corrected chi connectivity index (χ4v) is 5.28. The largest absolute Gasteiger partial charge is 0.378 e. The zero-order valence-electron chi connectivity index (χ0n) is 20.6. The first kappa shape index (κ1) is 23.5. The van der Waals surface area contributed by atoms with Crippen LogP contribution in [0.25, 0.3) is 11.5 Å². The van der Waals surface area contributed by atoms with Crippen molar-refractivity contribution in [3.63, 3.8) is 0 Å². The zero-order valence-corrected chi connectivity index (χ0v) is 20.6. The molecule has 1 saturated heterocycles. The van der Waals surface area contributed by atoms with Gasteiger partial charge in [0.1, 0.15) is 23.2 Å². The minimum absolute atomic E-state index is 0.0559. The van der Waals surface area contributed by atoms with Gasteiger partial charge >= 0.3 is 6.03 Å². The molecule has 5 heterocycles. The third kappa shape index (κ3) is 4.43. The number of nitrogens with zero attached hydrogens (tertiary/aromatic N) is 6. The summed E-state index contributed by atoms with van der Waals surface area (Å²) in [5.74, 6) is 0.690. The number of fused-ring (bicyclic) bond motifs is 2. The second-order valence-electron chi connectivity index (χ2n) is 9.71. The van der Waals surface area contributed by atoms with Crippen LogP contribution in [0.2, 0.25) is 0 Å². The number of rotatable bonds is 3. The quantitative estimate of drug-likeness (QED) is 0.587. The standard InChI is InChI=1S/C26H28FN7O3/c1-16-5-6-23-30-31-24(34(16)23)21-3-2-4-22(28-21)29-25(35)19-13-18-15-33(8-7-17(18)14-20(19)27)26(36)32-9-11-37-12-10-32/h2-4,13-14,16H,5-12,15H2,1H3,(H,28,29,35). The molecule has 2 aromatic heterocycles. The van der Waals surface area contributed by atoms with E-state index in [9.17, 15) is 14.0 Å². The molecular formula is C26H28FN7O3. The number of morpholine rings is 1. The monoisotopic (exact) mass is 505 g/mol. The molecule has 1 fully saturated rings. The van der Waals surface area contributed by atoms with E-state index < -0.39 is 11.7 Å². The average Bonchev–Trinajstić information content (AvgIpc) is 3.51. The van der Waals surface area contributed by atoms with E-state index in [0.29, 0.717) is 63.1 Å². The first-order valence-corrected chi connectivity index (χ1v) is 12.6. The number of pyridine rings is 1. The first-order chi connectivity index (χ1) is 18.0. The van der Waals surface area contributed by atoms with Crippen LogP contribution < -0.4 is 5.32 Å². The SMILES string of the molecule is CC1CCc2nnc(-c3cccc(NC(=O)c4cc5c(cc4F)CCN(C(=O)N4CCOCC4)C5)n3)n21. The van der Waals surface area contributed by atoms with Crippen molar-refractivity contribution in [2.75, 3.05) is 38.2 Å². The number of anilines is 1. The van der Waals surface area contributed by atoms with E-state index >= 15 is 0 Å². The van der Waals surface area contributed by atoms with Crippen LogP contribution in [0.1, 0.15) is 46.7 Å². The molecule has 37 heavy (non-hydrogen) atoms. The Kier molecular flexibility index (Phi) is 6.07. The average molecular weight is 506 g/mol. The summed E-state index contributed by atoms with van der Waals surface area (Å²) in [4.78, 5) is 34.1. The Bertz CT molecular complexity index is 1370. The van der Waals surface area contributed by atoms with Crippen molar-refractivity contribution < 1.29 is 18.7 Å². The molecule has 6 rings (SSSR count). The second kappa shape index (κ2) is 9.55. The molecule has 3 aliphatic heterocycles. The van der Waals surface area contributed by atoms with Crippen LogP contribution in [0.4, 0.5) is 15.0 Å². The molecule has 0 aliphatic carbocycles. The van der Waals surface area contributed by atoms with E-state index in [-0.39, 0.29) is 17.6 Å². The predicted molar refractivity (Wildman–Crippen MR) is 133 cm³/mol. The highest BCUT2D eigenvalue weighted by Crippen LogP contribution is 2.30. The Morgan fingerprint density at radius 2 is 1.89 bits per heavy atom. The molecule has 1 unspecified atom stereocenters. The Morgan fingerprint density at radius 3 is 2.73 bits per heavy atom. The van der Waals surface area contributed by atoms with Crippen molar-refractivity contribution in [2.24, 2.45) is 0 Å². The molecule has 0 bridgehead atoms. The lowest BCUT2D eigenvalue weighted by Crippen LogP contribution is -2.49. The number of carbonyl (C=O) groups is 2. The predicted octanol–water partition coefficient (Wildman–Crippen LogP) is 3.05. The smallest absolute Gasteiger partial charge is 0.320 e. The van der Waals surface area contributed by atoms with Gasteiger partial charge in [0.05, 0.1) is 18.8 Å². The molecule has 0 radical (unpaired) electrons. The van der Waals surface area contributed by atoms with Crippen LogP contribution >= 0.6 is 0 Å². The lowest BCUT2D eigenvalue weighted by atomic mass is 9.96. The summed E-state index contributed by atoms with van der Waals surface area (Å²) in [5, 5.41) is 11.3. The summed E-state index contributed by atoms with van der Waals surface area (Å²) >= 11 is 0. The summed E-state index contributed by atoms with van der Waals surface area (Å²) in [7, 11) is 0. The van der Waals surface area contributed by atoms with Crippen molar-refractivity contribution in [1.82, 2.24) is 29.5 Å². The minimum Gasteiger partial charge on any atom is -0.378 e. The highest BCUT2D eigenvalue weighted by atomic mass is 19.1. The number of ether oxygens (including phenoxy) is 1. The lowest BCUT2D eigenvalue weighted by Gasteiger charge is -2.35. The highest BCUT2D eigenvalue weighted by molar-refractivity contribution is 6.04. The highest BCUT2D eigenvalue weighted by Gasteiger charge is 2.28. The van der Waals surface area contributed by atoms with Crippen molar-refractivity contribution in [1.29, 1.82) is 0 Å². The summed E-state index contributed by atoms with van der Waals surface area (Å²) in [5.41, 5.74) is 2.10. The van der Waals surface area contributed by atoms with Gasteiger partial charge in [-0.3, -0.25) is 4.79 Å². The van der Waals surface area contributed by atoms with E-state index in [2.05, 4.69) is 32.0 Å². The molecule has 10 nitrogen and oxygen atoms in total. The summed E-state index contributed by atoms with van der Waals surface area (Å²) < 4.78 is 22.4. The Morgan fingerprint density at radius 1 is 1.05 bits per heavy atom. The summed E-state index contributed by atoms with van der Waals surface area (Å²) in [6, 6.07) is 8.43. The van der Waals surface area contributed by atoms with E-state index in [1.165, 1.54) is 6.07 Å². The number of benzene rings is 1. The van der Waals surface area contributed by atoms with Crippen molar-refractivity contribution in [3.05, 3.63) is 58.7 Å². The van der Waals surface area contributed by atoms with Crippen LogP contribution in [0.15, 0.2) is 30.3 Å².